The van der Waals surface area contributed by atoms with E-state index in [4.69, 9.17) is 0 Å². The summed E-state index contributed by atoms with van der Waals surface area (Å²) in [6.45, 7) is 0. The van der Waals surface area contributed by atoms with Crippen LogP contribution in [0.1, 0.15) is 22.9 Å². The summed E-state index contributed by atoms with van der Waals surface area (Å²) in [6, 6.07) is 19.2. The Morgan fingerprint density at radius 3 is 2.80 bits per heavy atom. The van der Waals surface area contributed by atoms with E-state index >= 15 is 0 Å². The Kier molecular flexibility index (Phi) is 4.04. The second-order valence-electron chi connectivity index (χ2n) is 6.22. The van der Waals surface area contributed by atoms with Crippen molar-refractivity contribution in [2.24, 2.45) is 0 Å². The molecule has 4 rings (SSSR count). The van der Waals surface area contributed by atoms with Gasteiger partial charge in [0.1, 0.15) is 0 Å². The number of carbonyl (C=O) groups is 1. The third kappa shape index (κ3) is 3.16. The third-order valence-corrected chi connectivity index (χ3v) is 4.53. The number of hydrogen-bond donors (Lipinski definition) is 2. The van der Waals surface area contributed by atoms with E-state index in [1.54, 1.807) is 6.08 Å². The molecule has 1 aliphatic rings. The molecule has 2 unspecified atom stereocenters. The number of para-hydroxylation sites is 1. The predicted octanol–water partition coefficient (Wildman–Crippen LogP) is 3.02. The van der Waals surface area contributed by atoms with E-state index in [-0.39, 0.29) is 11.9 Å². The predicted molar refractivity (Wildman–Crippen MR) is 97.8 cm³/mol. The monoisotopic (exact) mass is 330 g/mol. The minimum Gasteiger partial charge on any atom is -0.390 e. The van der Waals surface area contributed by atoms with Crippen LogP contribution in [0.5, 0.6) is 0 Å². The van der Waals surface area contributed by atoms with Gasteiger partial charge in [0, 0.05) is 17.9 Å². The number of rotatable bonds is 3. The Labute approximate surface area is 145 Å². The average Bonchev–Trinajstić information content (AvgIpc) is 2.95. The van der Waals surface area contributed by atoms with Crippen LogP contribution in [0.15, 0.2) is 66.7 Å². The van der Waals surface area contributed by atoms with Gasteiger partial charge in [-0.15, -0.1) is 0 Å². The molecule has 0 saturated carbocycles. The molecule has 1 aliphatic carbocycles. The van der Waals surface area contributed by atoms with Crippen molar-refractivity contribution in [3.05, 3.63) is 83.6 Å². The smallest absolute Gasteiger partial charge is 0.244 e. The van der Waals surface area contributed by atoms with Gasteiger partial charge in [-0.25, -0.2) is 4.98 Å². The first-order valence-corrected chi connectivity index (χ1v) is 8.31. The molecule has 0 saturated heterocycles. The van der Waals surface area contributed by atoms with E-state index in [1.807, 2.05) is 60.7 Å². The second-order valence-corrected chi connectivity index (χ2v) is 6.22. The fourth-order valence-electron chi connectivity index (χ4n) is 3.28. The molecule has 1 heterocycles. The molecule has 0 fully saturated rings. The highest BCUT2D eigenvalue weighted by Gasteiger charge is 2.31. The summed E-state index contributed by atoms with van der Waals surface area (Å²) < 4.78 is 0. The molecule has 4 heteroatoms. The number of aromatic nitrogens is 1. The summed E-state index contributed by atoms with van der Waals surface area (Å²) in [7, 11) is 0. The molecule has 0 aliphatic heterocycles. The maximum Gasteiger partial charge on any atom is 0.244 e. The molecule has 2 aromatic carbocycles. The van der Waals surface area contributed by atoms with Gasteiger partial charge in [0.2, 0.25) is 5.91 Å². The Morgan fingerprint density at radius 2 is 1.88 bits per heavy atom. The number of pyridine rings is 1. The van der Waals surface area contributed by atoms with Gasteiger partial charge in [-0.2, -0.15) is 0 Å². The zero-order chi connectivity index (χ0) is 17.2. The highest BCUT2D eigenvalue weighted by molar-refractivity contribution is 5.92. The zero-order valence-corrected chi connectivity index (χ0v) is 13.6. The van der Waals surface area contributed by atoms with Gasteiger partial charge in [-0.3, -0.25) is 4.79 Å². The molecular formula is C21H18N2O2. The highest BCUT2D eigenvalue weighted by Crippen LogP contribution is 2.31. The van der Waals surface area contributed by atoms with Gasteiger partial charge in [-0.1, -0.05) is 48.5 Å². The molecule has 0 radical (unpaired) electrons. The number of carbonyl (C=O) groups excluding carboxylic acids is 1. The highest BCUT2D eigenvalue weighted by atomic mass is 16.3. The standard InChI is InChI=1S/C21H18N2O2/c24-19-13-15-6-1-3-7-17(15)21(19)23-20(25)12-11-16-10-9-14-5-2-4-8-18(14)22-16/h1-12,19,21,24H,13H2,(H,23,25)/b12-11+. The Balaban J connectivity index is 1.49. The van der Waals surface area contributed by atoms with E-state index in [0.717, 1.165) is 27.7 Å². The van der Waals surface area contributed by atoms with Gasteiger partial charge in [0.15, 0.2) is 0 Å². The molecule has 3 aromatic rings. The lowest BCUT2D eigenvalue weighted by atomic mass is 10.1. The number of nitrogens with one attached hydrogen (secondary N) is 1. The van der Waals surface area contributed by atoms with Crippen molar-refractivity contribution in [1.29, 1.82) is 0 Å². The Morgan fingerprint density at radius 1 is 1.08 bits per heavy atom. The van der Waals surface area contributed by atoms with Gasteiger partial charge < -0.3 is 10.4 Å². The number of hydrogen-bond acceptors (Lipinski definition) is 3. The summed E-state index contributed by atoms with van der Waals surface area (Å²) in [5.74, 6) is -0.240. The number of benzene rings is 2. The molecule has 0 spiro atoms. The van der Waals surface area contributed by atoms with Crippen LogP contribution in [-0.2, 0) is 11.2 Å². The largest absolute Gasteiger partial charge is 0.390 e. The first-order valence-electron chi connectivity index (χ1n) is 8.31. The molecule has 1 amide bonds. The Hall–Kier alpha value is -2.98. The molecule has 124 valence electrons. The van der Waals surface area contributed by atoms with E-state index in [0.29, 0.717) is 6.42 Å². The van der Waals surface area contributed by atoms with Crippen molar-refractivity contribution < 1.29 is 9.90 Å². The minimum atomic E-state index is -0.589. The van der Waals surface area contributed by atoms with E-state index in [1.165, 1.54) is 6.08 Å². The minimum absolute atomic E-state index is 0.240. The summed E-state index contributed by atoms with van der Waals surface area (Å²) >= 11 is 0. The van der Waals surface area contributed by atoms with Gasteiger partial charge in [0.25, 0.3) is 0 Å². The van der Waals surface area contributed by atoms with E-state index < -0.39 is 6.10 Å². The normalized spacial score (nSPS) is 19.2. The van der Waals surface area contributed by atoms with Crippen molar-refractivity contribution in [1.82, 2.24) is 10.3 Å². The molecule has 1 aromatic heterocycles. The lowest BCUT2D eigenvalue weighted by Gasteiger charge is -2.16. The van der Waals surface area contributed by atoms with E-state index in [2.05, 4.69) is 10.3 Å². The summed E-state index contributed by atoms with van der Waals surface area (Å²) in [5.41, 5.74) is 3.69. The van der Waals surface area contributed by atoms with Crippen molar-refractivity contribution in [3.63, 3.8) is 0 Å². The van der Waals surface area contributed by atoms with Gasteiger partial charge >= 0.3 is 0 Å². The van der Waals surface area contributed by atoms with Gasteiger partial charge in [0.05, 0.1) is 23.4 Å². The number of aliphatic hydroxyl groups excluding tert-OH is 1. The molecule has 0 bridgehead atoms. The van der Waals surface area contributed by atoms with Crippen LogP contribution in [-0.4, -0.2) is 22.1 Å². The molecular weight excluding hydrogens is 312 g/mol. The Bertz CT molecular complexity index is 965. The molecule has 4 nitrogen and oxygen atoms in total. The summed E-state index contributed by atoms with van der Waals surface area (Å²) in [4.78, 5) is 16.8. The van der Waals surface area contributed by atoms with Crippen LogP contribution in [0.2, 0.25) is 0 Å². The number of fused-ring (bicyclic) bond motifs is 2. The first-order chi connectivity index (χ1) is 12.2. The van der Waals surface area contributed by atoms with Crippen LogP contribution in [0.4, 0.5) is 0 Å². The van der Waals surface area contributed by atoms with E-state index in [9.17, 15) is 9.90 Å². The van der Waals surface area contributed by atoms with Crippen LogP contribution in [0, 0.1) is 0 Å². The topological polar surface area (TPSA) is 62.2 Å². The maximum atomic E-state index is 12.3. The summed E-state index contributed by atoms with van der Waals surface area (Å²) in [5, 5.41) is 14.2. The quantitative estimate of drug-likeness (QED) is 0.726. The molecule has 2 atom stereocenters. The fraction of sp³-hybridized carbons (Fsp3) is 0.143. The van der Waals surface area contributed by atoms with Crippen molar-refractivity contribution in [3.8, 4) is 0 Å². The van der Waals surface area contributed by atoms with Gasteiger partial charge in [-0.05, 0) is 29.3 Å². The van der Waals surface area contributed by atoms with Crippen LogP contribution in [0.25, 0.3) is 17.0 Å². The average molecular weight is 330 g/mol. The maximum absolute atomic E-state index is 12.3. The summed E-state index contributed by atoms with van der Waals surface area (Å²) in [6.07, 6.45) is 3.13. The van der Waals surface area contributed by atoms with Crippen molar-refractivity contribution in [2.75, 3.05) is 0 Å². The number of aliphatic hydroxyl groups is 1. The number of amides is 1. The van der Waals surface area contributed by atoms with Crippen molar-refractivity contribution >= 4 is 22.9 Å². The molecule has 25 heavy (non-hydrogen) atoms. The third-order valence-electron chi connectivity index (χ3n) is 4.53. The van der Waals surface area contributed by atoms with Crippen molar-refractivity contribution in [2.45, 2.75) is 18.6 Å². The second kappa shape index (κ2) is 6.49. The SMILES string of the molecule is O=C(/C=C/c1ccc2ccccc2n1)NC1c2ccccc2CC1O. The van der Waals surface area contributed by atoms with Crippen LogP contribution < -0.4 is 5.32 Å². The molecule has 2 N–H and O–H groups in total. The van der Waals surface area contributed by atoms with Crippen LogP contribution >= 0.6 is 0 Å². The lowest BCUT2D eigenvalue weighted by molar-refractivity contribution is -0.117. The first kappa shape index (κ1) is 15.5. The zero-order valence-electron chi connectivity index (χ0n) is 13.6. The fourth-order valence-corrected chi connectivity index (χ4v) is 3.28. The van der Waals surface area contributed by atoms with Crippen LogP contribution in [0.3, 0.4) is 0 Å². The number of nitrogens with zero attached hydrogens (tertiary/aromatic N) is 1. The lowest BCUT2D eigenvalue weighted by Crippen LogP contribution is -2.32.